The van der Waals surface area contributed by atoms with Crippen molar-refractivity contribution in [1.29, 1.82) is 0 Å². The molecular formula is C26H24N4O. The number of nitrogens with zero attached hydrogens (tertiary/aromatic N) is 3. The van der Waals surface area contributed by atoms with Gasteiger partial charge in [-0.2, -0.15) is 0 Å². The van der Waals surface area contributed by atoms with Crippen LogP contribution < -0.4 is 5.32 Å². The summed E-state index contributed by atoms with van der Waals surface area (Å²) in [5, 5.41) is 3.21. The Labute approximate surface area is 182 Å². The molecule has 0 unspecified atom stereocenters. The van der Waals surface area contributed by atoms with Crippen LogP contribution in [0.3, 0.4) is 0 Å². The molecule has 0 atom stereocenters. The first-order valence-electron chi connectivity index (χ1n) is 10.8. The zero-order valence-corrected chi connectivity index (χ0v) is 17.6. The highest BCUT2D eigenvalue weighted by Crippen LogP contribution is 2.42. The molecule has 0 aliphatic heterocycles. The Balaban J connectivity index is 1.36. The number of hydrogen-bond donors (Lipinski definition) is 1. The first-order chi connectivity index (χ1) is 15.1. The summed E-state index contributed by atoms with van der Waals surface area (Å²) in [6.07, 6.45) is 9.18. The number of pyridine rings is 2. The van der Waals surface area contributed by atoms with Crippen molar-refractivity contribution in [2.75, 3.05) is 0 Å². The summed E-state index contributed by atoms with van der Waals surface area (Å²) >= 11 is 0. The Hall–Kier alpha value is -3.52. The van der Waals surface area contributed by atoms with E-state index in [9.17, 15) is 4.79 Å². The quantitative estimate of drug-likeness (QED) is 0.552. The Morgan fingerprint density at radius 3 is 2.42 bits per heavy atom. The molecule has 5 heteroatoms. The molecule has 5 rings (SSSR count). The van der Waals surface area contributed by atoms with E-state index in [-0.39, 0.29) is 5.91 Å². The number of benzene rings is 1. The molecule has 2 aliphatic rings. The van der Waals surface area contributed by atoms with Gasteiger partial charge >= 0.3 is 0 Å². The van der Waals surface area contributed by atoms with Crippen molar-refractivity contribution >= 4 is 11.6 Å². The maximum Gasteiger partial charge on any atom is 0.251 e. The molecule has 2 saturated carbocycles. The normalized spacial score (nSPS) is 16.8. The molecule has 2 heterocycles. The first-order valence-corrected chi connectivity index (χ1v) is 10.8. The zero-order chi connectivity index (χ0) is 21.4. The second-order valence-electron chi connectivity index (χ2n) is 8.68. The number of amides is 1. The Morgan fingerprint density at radius 2 is 1.87 bits per heavy atom. The second kappa shape index (κ2) is 7.63. The van der Waals surface area contributed by atoms with E-state index in [1.54, 1.807) is 24.3 Å². The lowest BCUT2D eigenvalue weighted by Gasteiger charge is -2.42. The van der Waals surface area contributed by atoms with Gasteiger partial charge < -0.3 is 5.32 Å². The van der Waals surface area contributed by atoms with Crippen LogP contribution in [0.2, 0.25) is 0 Å². The third-order valence-corrected chi connectivity index (χ3v) is 6.51. The number of aromatic nitrogens is 2. The standard InChI is InChI=1S/C26H24N4O/c1-17-14-23(18-4-5-18)28-16-22(17)20-8-11-24(29-15-20)26(12-3-13-26)30-25(31)19-6-9-21(27-2)10-7-19/h6-11,14-16,18H,3-5,12-13H2,1H3,(H,30,31). The van der Waals surface area contributed by atoms with Crippen molar-refractivity contribution in [3.8, 4) is 11.1 Å². The van der Waals surface area contributed by atoms with Crippen molar-refractivity contribution < 1.29 is 4.79 Å². The molecule has 0 saturated heterocycles. The molecule has 1 N–H and O–H groups in total. The summed E-state index contributed by atoms with van der Waals surface area (Å²) in [5.74, 6) is 0.519. The molecular weight excluding hydrogens is 384 g/mol. The topological polar surface area (TPSA) is 59.2 Å². The third kappa shape index (κ3) is 3.70. The summed E-state index contributed by atoms with van der Waals surface area (Å²) in [5.41, 5.74) is 6.15. The summed E-state index contributed by atoms with van der Waals surface area (Å²) in [7, 11) is 0. The molecule has 154 valence electrons. The van der Waals surface area contributed by atoms with Gasteiger partial charge in [0.15, 0.2) is 5.69 Å². The van der Waals surface area contributed by atoms with Crippen LogP contribution in [0.15, 0.2) is 54.9 Å². The van der Waals surface area contributed by atoms with E-state index in [0.29, 0.717) is 17.2 Å². The van der Waals surface area contributed by atoms with Crippen molar-refractivity contribution in [1.82, 2.24) is 15.3 Å². The zero-order valence-electron chi connectivity index (χ0n) is 17.6. The molecule has 2 aliphatic carbocycles. The van der Waals surface area contributed by atoms with Crippen LogP contribution in [0, 0.1) is 13.5 Å². The van der Waals surface area contributed by atoms with Gasteiger partial charge in [-0.25, -0.2) is 4.85 Å². The van der Waals surface area contributed by atoms with E-state index in [0.717, 1.165) is 36.1 Å². The van der Waals surface area contributed by atoms with E-state index < -0.39 is 5.54 Å². The van der Waals surface area contributed by atoms with Gasteiger partial charge in [-0.15, -0.1) is 0 Å². The fraction of sp³-hybridized carbons (Fsp3) is 0.308. The van der Waals surface area contributed by atoms with E-state index in [2.05, 4.69) is 34.2 Å². The first kappa shape index (κ1) is 19.4. The Bertz CT molecular complexity index is 1170. The smallest absolute Gasteiger partial charge is 0.251 e. The van der Waals surface area contributed by atoms with Gasteiger partial charge in [-0.3, -0.25) is 14.8 Å². The highest BCUT2D eigenvalue weighted by molar-refractivity contribution is 5.95. The Kier molecular flexibility index (Phi) is 4.78. The molecule has 1 amide bonds. The molecule has 0 radical (unpaired) electrons. The second-order valence-corrected chi connectivity index (χ2v) is 8.68. The van der Waals surface area contributed by atoms with Gasteiger partial charge in [0.2, 0.25) is 0 Å². The molecule has 1 aromatic carbocycles. The van der Waals surface area contributed by atoms with Gasteiger partial charge in [-0.1, -0.05) is 30.3 Å². The fourth-order valence-electron chi connectivity index (χ4n) is 4.27. The van der Waals surface area contributed by atoms with Gasteiger partial charge in [0, 0.05) is 40.7 Å². The summed E-state index contributed by atoms with van der Waals surface area (Å²) in [4.78, 5) is 25.6. The largest absolute Gasteiger partial charge is 0.341 e. The number of rotatable bonds is 5. The van der Waals surface area contributed by atoms with Crippen LogP contribution in [-0.2, 0) is 5.54 Å². The van der Waals surface area contributed by atoms with E-state index in [1.165, 1.54) is 24.1 Å². The van der Waals surface area contributed by atoms with Crippen LogP contribution in [0.4, 0.5) is 5.69 Å². The number of hydrogen-bond acceptors (Lipinski definition) is 3. The van der Waals surface area contributed by atoms with Crippen LogP contribution >= 0.6 is 0 Å². The summed E-state index contributed by atoms with van der Waals surface area (Å²) < 4.78 is 0. The number of nitrogens with one attached hydrogen (secondary N) is 1. The lowest BCUT2D eigenvalue weighted by molar-refractivity contribution is 0.0817. The van der Waals surface area contributed by atoms with Crippen molar-refractivity contribution in [3.05, 3.63) is 88.8 Å². The summed E-state index contributed by atoms with van der Waals surface area (Å²) in [6, 6.07) is 13.1. The van der Waals surface area contributed by atoms with Crippen LogP contribution in [0.1, 0.15) is 65.3 Å². The predicted molar refractivity (Wildman–Crippen MR) is 120 cm³/mol. The van der Waals surface area contributed by atoms with E-state index >= 15 is 0 Å². The minimum absolute atomic E-state index is 0.127. The lowest BCUT2D eigenvalue weighted by atomic mass is 9.73. The number of aryl methyl sites for hydroxylation is 1. The van der Waals surface area contributed by atoms with Crippen LogP contribution in [-0.4, -0.2) is 15.9 Å². The molecule has 2 aromatic heterocycles. The highest BCUT2D eigenvalue weighted by atomic mass is 16.1. The van der Waals surface area contributed by atoms with Crippen molar-refractivity contribution in [2.24, 2.45) is 0 Å². The van der Waals surface area contributed by atoms with E-state index in [1.807, 2.05) is 18.5 Å². The van der Waals surface area contributed by atoms with Gasteiger partial charge in [0.05, 0.1) is 17.8 Å². The minimum Gasteiger partial charge on any atom is -0.341 e. The average molecular weight is 409 g/mol. The monoisotopic (exact) mass is 408 g/mol. The molecule has 2 fully saturated rings. The lowest BCUT2D eigenvalue weighted by Crippen LogP contribution is -2.51. The Morgan fingerprint density at radius 1 is 1.10 bits per heavy atom. The van der Waals surface area contributed by atoms with Gasteiger partial charge in [0.25, 0.3) is 5.91 Å². The van der Waals surface area contributed by atoms with Crippen molar-refractivity contribution in [2.45, 2.75) is 50.5 Å². The maximum absolute atomic E-state index is 12.8. The SMILES string of the molecule is [C-]#[N+]c1ccc(C(=O)NC2(c3ccc(-c4cnc(C5CC5)cc4C)cn3)CCC2)cc1. The van der Waals surface area contributed by atoms with Crippen LogP contribution in [0.5, 0.6) is 0 Å². The van der Waals surface area contributed by atoms with E-state index in [4.69, 9.17) is 11.6 Å². The number of carbonyl (C=O) groups is 1. The van der Waals surface area contributed by atoms with Crippen molar-refractivity contribution in [3.63, 3.8) is 0 Å². The molecule has 31 heavy (non-hydrogen) atoms. The van der Waals surface area contributed by atoms with Gasteiger partial charge in [-0.05, 0) is 56.7 Å². The maximum atomic E-state index is 12.8. The average Bonchev–Trinajstić information content (AvgIpc) is 3.62. The molecule has 3 aromatic rings. The minimum atomic E-state index is -0.419. The highest BCUT2D eigenvalue weighted by Gasteiger charge is 2.41. The van der Waals surface area contributed by atoms with Gasteiger partial charge in [0.1, 0.15) is 0 Å². The third-order valence-electron chi connectivity index (χ3n) is 6.51. The number of carbonyl (C=O) groups excluding carboxylic acids is 1. The molecule has 0 spiro atoms. The summed E-state index contributed by atoms with van der Waals surface area (Å²) in [6.45, 7) is 9.18. The fourth-order valence-corrected chi connectivity index (χ4v) is 4.27. The molecule has 5 nitrogen and oxygen atoms in total. The van der Waals surface area contributed by atoms with Crippen LogP contribution in [0.25, 0.3) is 16.0 Å². The molecule has 0 bridgehead atoms. The predicted octanol–water partition coefficient (Wildman–Crippen LogP) is 5.69.